The predicted molar refractivity (Wildman–Crippen MR) is 91.9 cm³/mol. The van der Waals surface area contributed by atoms with Crippen molar-refractivity contribution in [2.24, 2.45) is 0 Å². The third kappa shape index (κ3) is 3.22. The molecule has 0 radical (unpaired) electrons. The summed E-state index contributed by atoms with van der Waals surface area (Å²) in [5, 5.41) is 11.5. The molecule has 3 rings (SSSR count). The van der Waals surface area contributed by atoms with Gasteiger partial charge >= 0.3 is 0 Å². The maximum absolute atomic E-state index is 12.4. The fourth-order valence-electron chi connectivity index (χ4n) is 2.86. The second-order valence-corrected chi connectivity index (χ2v) is 6.34. The molecule has 122 valence electrons. The Hall–Kier alpha value is -1.56. The molecule has 1 aromatic carbocycles. The van der Waals surface area contributed by atoms with Crippen LogP contribution in [-0.4, -0.2) is 35.8 Å². The Morgan fingerprint density at radius 1 is 1.30 bits per heavy atom. The Morgan fingerprint density at radius 3 is 2.87 bits per heavy atom. The summed E-state index contributed by atoms with van der Waals surface area (Å²) in [4.78, 5) is 12.4. The number of nitrogens with zero attached hydrogens (tertiary/aromatic N) is 2. The summed E-state index contributed by atoms with van der Waals surface area (Å²) >= 11 is 12.3. The maximum atomic E-state index is 12.4. The van der Waals surface area contributed by atoms with Crippen LogP contribution in [0.25, 0.3) is 5.69 Å². The van der Waals surface area contributed by atoms with Crippen LogP contribution >= 0.6 is 23.2 Å². The van der Waals surface area contributed by atoms with Gasteiger partial charge in [-0.2, -0.15) is 5.10 Å². The molecule has 0 saturated heterocycles. The predicted octanol–water partition coefficient (Wildman–Crippen LogP) is 2.62. The van der Waals surface area contributed by atoms with Crippen molar-refractivity contribution in [3.63, 3.8) is 0 Å². The highest BCUT2D eigenvalue weighted by Crippen LogP contribution is 2.31. The second-order valence-electron chi connectivity index (χ2n) is 5.49. The Labute approximate surface area is 145 Å². The normalized spacial score (nSPS) is 13.2. The second kappa shape index (κ2) is 6.91. The molecule has 1 aliphatic rings. The van der Waals surface area contributed by atoms with Gasteiger partial charge in [0, 0.05) is 29.4 Å². The quantitative estimate of drug-likeness (QED) is 0.813. The van der Waals surface area contributed by atoms with Gasteiger partial charge in [-0.3, -0.25) is 4.79 Å². The van der Waals surface area contributed by atoms with E-state index in [0.29, 0.717) is 22.3 Å². The number of hydrogen-bond donors (Lipinski definition) is 2. The summed E-state index contributed by atoms with van der Waals surface area (Å²) in [6.45, 7) is 1.29. The van der Waals surface area contributed by atoms with Gasteiger partial charge < -0.3 is 10.6 Å². The lowest BCUT2D eigenvalue weighted by atomic mass is 10.2. The Bertz CT molecular complexity index is 742. The number of aromatic nitrogens is 2. The van der Waals surface area contributed by atoms with Crippen molar-refractivity contribution in [2.75, 3.05) is 20.1 Å². The lowest BCUT2D eigenvalue weighted by molar-refractivity contribution is 0.0948. The van der Waals surface area contributed by atoms with Gasteiger partial charge in [-0.15, -0.1) is 0 Å². The number of carbonyl (C=O) groups excluding carboxylic acids is 1. The fraction of sp³-hybridized carbons (Fsp3) is 0.375. The van der Waals surface area contributed by atoms with Crippen molar-refractivity contribution in [1.29, 1.82) is 0 Å². The monoisotopic (exact) mass is 352 g/mol. The van der Waals surface area contributed by atoms with Crippen LogP contribution in [0.1, 0.15) is 28.2 Å². The third-order valence-corrected chi connectivity index (χ3v) is 4.48. The van der Waals surface area contributed by atoms with E-state index in [-0.39, 0.29) is 5.91 Å². The number of benzene rings is 1. The molecule has 2 N–H and O–H groups in total. The van der Waals surface area contributed by atoms with Gasteiger partial charge in [0.2, 0.25) is 0 Å². The molecule has 0 atom stereocenters. The first kappa shape index (κ1) is 16.3. The first-order valence-corrected chi connectivity index (χ1v) is 8.36. The van der Waals surface area contributed by atoms with Crippen molar-refractivity contribution < 1.29 is 4.79 Å². The maximum Gasteiger partial charge on any atom is 0.272 e. The lowest BCUT2D eigenvalue weighted by Crippen LogP contribution is -2.31. The molecule has 0 unspecified atom stereocenters. The number of fused-ring (bicyclic) bond motifs is 1. The van der Waals surface area contributed by atoms with E-state index in [1.165, 1.54) is 0 Å². The van der Waals surface area contributed by atoms with Gasteiger partial charge in [0.1, 0.15) is 0 Å². The highest BCUT2D eigenvalue weighted by atomic mass is 35.5. The zero-order chi connectivity index (χ0) is 16.4. The molecule has 2 aromatic rings. The third-order valence-electron chi connectivity index (χ3n) is 3.94. The molecule has 0 aliphatic heterocycles. The van der Waals surface area contributed by atoms with Crippen LogP contribution in [0.15, 0.2) is 18.2 Å². The minimum Gasteiger partial charge on any atom is -0.349 e. The average molecular weight is 353 g/mol. The van der Waals surface area contributed by atoms with E-state index in [1.807, 2.05) is 13.1 Å². The van der Waals surface area contributed by atoms with Crippen molar-refractivity contribution in [3.8, 4) is 5.69 Å². The molecule has 23 heavy (non-hydrogen) atoms. The minimum absolute atomic E-state index is 0.137. The summed E-state index contributed by atoms with van der Waals surface area (Å²) in [6, 6.07) is 5.30. The van der Waals surface area contributed by atoms with Gasteiger partial charge in [-0.05, 0) is 44.5 Å². The molecule has 0 saturated carbocycles. The zero-order valence-electron chi connectivity index (χ0n) is 12.8. The van der Waals surface area contributed by atoms with Crippen LogP contribution in [-0.2, 0) is 12.8 Å². The smallest absolute Gasteiger partial charge is 0.272 e. The van der Waals surface area contributed by atoms with Crippen molar-refractivity contribution in [2.45, 2.75) is 19.3 Å². The molecule has 1 heterocycles. The number of likely N-dealkylation sites (N-methyl/N-ethyl adjacent to an activating group) is 1. The fourth-order valence-corrected chi connectivity index (χ4v) is 3.35. The van der Waals surface area contributed by atoms with E-state index >= 15 is 0 Å². The molecule has 0 fully saturated rings. The Morgan fingerprint density at radius 2 is 2.13 bits per heavy atom. The topological polar surface area (TPSA) is 58.9 Å². The van der Waals surface area contributed by atoms with Crippen LogP contribution < -0.4 is 10.6 Å². The first-order valence-electron chi connectivity index (χ1n) is 7.61. The number of amides is 1. The SMILES string of the molecule is CNCCNC(=O)c1nn(-c2ccc(Cl)cc2Cl)c2c1CCC2. The highest BCUT2D eigenvalue weighted by molar-refractivity contribution is 6.35. The minimum atomic E-state index is -0.137. The van der Waals surface area contributed by atoms with E-state index < -0.39 is 0 Å². The van der Waals surface area contributed by atoms with Crippen LogP contribution in [0.2, 0.25) is 10.0 Å². The van der Waals surface area contributed by atoms with E-state index in [0.717, 1.165) is 42.8 Å². The molecule has 1 aliphatic carbocycles. The van der Waals surface area contributed by atoms with Gasteiger partial charge in [-0.25, -0.2) is 4.68 Å². The van der Waals surface area contributed by atoms with Crippen LogP contribution in [0.5, 0.6) is 0 Å². The number of carbonyl (C=O) groups is 1. The Balaban J connectivity index is 1.97. The van der Waals surface area contributed by atoms with E-state index in [2.05, 4.69) is 15.7 Å². The lowest BCUT2D eigenvalue weighted by Gasteiger charge is -2.08. The number of hydrogen-bond acceptors (Lipinski definition) is 3. The molecule has 1 aromatic heterocycles. The van der Waals surface area contributed by atoms with Crippen molar-refractivity contribution >= 4 is 29.1 Å². The number of rotatable bonds is 5. The zero-order valence-corrected chi connectivity index (χ0v) is 14.3. The van der Waals surface area contributed by atoms with Crippen molar-refractivity contribution in [1.82, 2.24) is 20.4 Å². The summed E-state index contributed by atoms with van der Waals surface area (Å²) in [5.41, 5.74) is 3.34. The van der Waals surface area contributed by atoms with Crippen LogP contribution in [0.3, 0.4) is 0 Å². The summed E-state index contributed by atoms with van der Waals surface area (Å²) in [5.74, 6) is -0.137. The molecular formula is C16H18Cl2N4O. The number of halogens is 2. The van der Waals surface area contributed by atoms with Crippen molar-refractivity contribution in [3.05, 3.63) is 45.2 Å². The van der Waals surface area contributed by atoms with E-state index in [9.17, 15) is 4.79 Å². The van der Waals surface area contributed by atoms with Crippen LogP contribution in [0, 0.1) is 0 Å². The Kier molecular flexibility index (Phi) is 4.90. The highest BCUT2D eigenvalue weighted by Gasteiger charge is 2.27. The standard InChI is InChI=1S/C16H18Cl2N4O/c1-19-7-8-20-16(23)15-11-3-2-4-13(11)22(21-15)14-6-5-10(17)9-12(14)18/h5-6,9,19H,2-4,7-8H2,1H3,(H,20,23). The largest absolute Gasteiger partial charge is 0.349 e. The molecular weight excluding hydrogens is 335 g/mol. The molecule has 0 bridgehead atoms. The summed E-state index contributed by atoms with van der Waals surface area (Å²) in [6.07, 6.45) is 2.79. The first-order chi connectivity index (χ1) is 11.1. The molecule has 5 nitrogen and oxygen atoms in total. The van der Waals surface area contributed by atoms with Gasteiger partial charge in [-0.1, -0.05) is 23.2 Å². The van der Waals surface area contributed by atoms with Gasteiger partial charge in [0.05, 0.1) is 10.7 Å². The number of nitrogens with one attached hydrogen (secondary N) is 2. The summed E-state index contributed by atoms with van der Waals surface area (Å²) < 4.78 is 1.79. The molecule has 7 heteroatoms. The molecule has 0 spiro atoms. The van der Waals surface area contributed by atoms with E-state index in [1.54, 1.807) is 16.8 Å². The van der Waals surface area contributed by atoms with Gasteiger partial charge in [0.25, 0.3) is 5.91 Å². The average Bonchev–Trinajstić information content (AvgIpc) is 3.10. The molecule has 1 amide bonds. The van der Waals surface area contributed by atoms with E-state index in [4.69, 9.17) is 23.2 Å². The van der Waals surface area contributed by atoms with Crippen LogP contribution in [0.4, 0.5) is 0 Å². The summed E-state index contributed by atoms with van der Waals surface area (Å²) in [7, 11) is 1.85. The van der Waals surface area contributed by atoms with Gasteiger partial charge in [0.15, 0.2) is 5.69 Å².